The number of hydrogen-bond donors (Lipinski definition) is 0. The lowest BCUT2D eigenvalue weighted by molar-refractivity contribution is -0.0897. The minimum absolute atomic E-state index is 0.00836. The molecule has 1 aliphatic heterocycles. The fraction of sp³-hybridized carbons (Fsp3) is 0.489. The molecular weight excluding hydrogens is 723 g/mol. The minimum atomic E-state index is -3.70. The summed E-state index contributed by atoms with van der Waals surface area (Å²) in [4.78, 5) is 0. The zero-order chi connectivity index (χ0) is 38.9. The predicted octanol–water partition coefficient (Wildman–Crippen LogP) is 11.1. The molecule has 0 N–H and O–H groups in total. The number of hydrogen-bond acceptors (Lipinski definition) is 8. The van der Waals surface area contributed by atoms with E-state index in [1.165, 1.54) is 38.5 Å². The second-order valence-corrected chi connectivity index (χ2v) is 16.7. The van der Waals surface area contributed by atoms with Crippen molar-refractivity contribution in [1.29, 1.82) is 0 Å². The molecule has 0 aliphatic carbocycles. The number of ether oxygens (including phenoxy) is 5. The molecule has 1 heterocycles. The third kappa shape index (κ3) is 16.4. The summed E-state index contributed by atoms with van der Waals surface area (Å²) in [5.41, 5.74) is 4.03. The summed E-state index contributed by atoms with van der Waals surface area (Å²) in [6, 6.07) is 39.9. The smallest absolute Gasteiger partial charge is 0.333 e. The lowest BCUT2D eigenvalue weighted by Gasteiger charge is -2.27. The van der Waals surface area contributed by atoms with Crippen LogP contribution in [0.2, 0.25) is 0 Å². The molecule has 0 spiro atoms. The highest BCUT2D eigenvalue weighted by molar-refractivity contribution is 7.53. The molecule has 1 saturated heterocycles. The Morgan fingerprint density at radius 1 is 0.482 bits per heavy atom. The van der Waals surface area contributed by atoms with Gasteiger partial charge in [0.1, 0.15) is 18.3 Å². The van der Waals surface area contributed by atoms with E-state index in [0.717, 1.165) is 41.7 Å². The normalized spacial score (nSPS) is 19.2. The van der Waals surface area contributed by atoms with Crippen LogP contribution in [0.3, 0.4) is 0 Å². The van der Waals surface area contributed by atoms with Crippen LogP contribution < -0.4 is 0 Å². The lowest BCUT2D eigenvalue weighted by Crippen LogP contribution is -2.40. The minimum Gasteiger partial charge on any atom is -0.381 e. The van der Waals surface area contributed by atoms with Crippen LogP contribution in [0.25, 0.3) is 0 Å². The summed E-state index contributed by atoms with van der Waals surface area (Å²) >= 11 is 0. The standard InChI is InChI=1S/C47H63O8P/c1-2-3-4-5-6-7-20-31-49-32-21-22-33-53-56(48,54-37-43-29-18-11-19-30-43)39-45-47(52-36-42-27-16-10-17-28-42)46(51-35-41-25-14-9-15-26-41)44(55-45)38-50-34-40-23-12-8-13-24-40/h8-19,23-30,44-47H,2-7,20-22,31-39H2,1H3/t44-,45+,46-,47-,56?/m1/s1. The van der Waals surface area contributed by atoms with E-state index >= 15 is 0 Å². The molecule has 0 amide bonds. The molecule has 9 heteroatoms. The summed E-state index contributed by atoms with van der Waals surface area (Å²) < 4.78 is 59.4. The van der Waals surface area contributed by atoms with Gasteiger partial charge in [0.2, 0.25) is 0 Å². The molecule has 5 rings (SSSR count). The average molecular weight is 787 g/mol. The maximum Gasteiger partial charge on any atom is 0.333 e. The molecule has 8 nitrogen and oxygen atoms in total. The van der Waals surface area contributed by atoms with Crippen LogP contribution in [-0.2, 0) is 63.7 Å². The summed E-state index contributed by atoms with van der Waals surface area (Å²) in [5.74, 6) is 0. The third-order valence-electron chi connectivity index (χ3n) is 9.91. The molecule has 0 aromatic heterocycles. The van der Waals surface area contributed by atoms with Crippen LogP contribution in [0.5, 0.6) is 0 Å². The first-order valence-electron chi connectivity index (χ1n) is 20.7. The molecule has 0 bridgehead atoms. The highest BCUT2D eigenvalue weighted by atomic mass is 31.2. The van der Waals surface area contributed by atoms with Gasteiger partial charge in [-0.1, -0.05) is 167 Å². The van der Waals surface area contributed by atoms with Gasteiger partial charge in [-0.2, -0.15) is 0 Å². The molecule has 304 valence electrons. The highest BCUT2D eigenvalue weighted by Crippen LogP contribution is 2.52. The summed E-state index contributed by atoms with van der Waals surface area (Å²) in [6.07, 6.45) is 8.16. The molecular formula is C47H63O8P. The van der Waals surface area contributed by atoms with Crippen molar-refractivity contribution in [2.24, 2.45) is 0 Å². The molecule has 5 atom stereocenters. The van der Waals surface area contributed by atoms with E-state index in [-0.39, 0.29) is 26.0 Å². The Morgan fingerprint density at radius 3 is 1.48 bits per heavy atom. The van der Waals surface area contributed by atoms with Gasteiger partial charge in [-0.15, -0.1) is 0 Å². The van der Waals surface area contributed by atoms with Crippen LogP contribution in [0, 0.1) is 0 Å². The van der Waals surface area contributed by atoms with Gasteiger partial charge in [-0.3, -0.25) is 4.57 Å². The largest absolute Gasteiger partial charge is 0.381 e. The van der Waals surface area contributed by atoms with Gasteiger partial charge in [0, 0.05) is 13.2 Å². The van der Waals surface area contributed by atoms with Crippen LogP contribution in [0.15, 0.2) is 121 Å². The van der Waals surface area contributed by atoms with Gasteiger partial charge in [0.15, 0.2) is 0 Å². The van der Waals surface area contributed by atoms with Crippen molar-refractivity contribution in [2.75, 3.05) is 32.6 Å². The molecule has 1 aliphatic rings. The quantitative estimate of drug-likeness (QED) is 0.0398. The number of rotatable bonds is 29. The molecule has 4 aromatic carbocycles. The molecule has 1 unspecified atom stereocenters. The zero-order valence-corrected chi connectivity index (χ0v) is 34.2. The lowest BCUT2D eigenvalue weighted by atomic mass is 10.1. The van der Waals surface area contributed by atoms with Gasteiger partial charge >= 0.3 is 7.60 Å². The molecule has 0 radical (unpaired) electrons. The van der Waals surface area contributed by atoms with E-state index in [9.17, 15) is 4.57 Å². The van der Waals surface area contributed by atoms with E-state index in [1.54, 1.807) is 0 Å². The van der Waals surface area contributed by atoms with Crippen molar-refractivity contribution in [2.45, 2.75) is 116 Å². The monoisotopic (exact) mass is 786 g/mol. The summed E-state index contributed by atoms with van der Waals surface area (Å²) in [6.45, 7) is 5.51. The third-order valence-corrected chi connectivity index (χ3v) is 11.8. The van der Waals surface area contributed by atoms with Gasteiger partial charge in [0.25, 0.3) is 0 Å². The Balaban J connectivity index is 1.25. The van der Waals surface area contributed by atoms with Gasteiger partial charge in [0.05, 0.1) is 51.9 Å². The van der Waals surface area contributed by atoms with Crippen molar-refractivity contribution in [1.82, 2.24) is 0 Å². The van der Waals surface area contributed by atoms with Crippen molar-refractivity contribution in [3.05, 3.63) is 144 Å². The zero-order valence-electron chi connectivity index (χ0n) is 33.3. The van der Waals surface area contributed by atoms with E-state index in [2.05, 4.69) is 6.92 Å². The van der Waals surface area contributed by atoms with Gasteiger partial charge in [-0.25, -0.2) is 0 Å². The Kier molecular flexibility index (Phi) is 20.4. The second kappa shape index (κ2) is 26.0. The summed E-state index contributed by atoms with van der Waals surface area (Å²) in [7, 11) is -3.70. The summed E-state index contributed by atoms with van der Waals surface area (Å²) in [5, 5.41) is 0. The maximum atomic E-state index is 14.8. The highest BCUT2D eigenvalue weighted by Gasteiger charge is 2.49. The Labute approximate surface area is 335 Å². The predicted molar refractivity (Wildman–Crippen MR) is 222 cm³/mol. The Bertz CT molecular complexity index is 1610. The fourth-order valence-corrected chi connectivity index (χ4v) is 8.54. The first-order valence-corrected chi connectivity index (χ1v) is 22.4. The molecule has 0 saturated carbocycles. The molecule has 56 heavy (non-hydrogen) atoms. The number of benzene rings is 4. The van der Waals surface area contributed by atoms with E-state index in [1.807, 2.05) is 121 Å². The van der Waals surface area contributed by atoms with Crippen molar-refractivity contribution < 1.29 is 37.3 Å². The second-order valence-electron chi connectivity index (χ2n) is 14.6. The Hall–Kier alpha value is -3.17. The van der Waals surface area contributed by atoms with E-state index in [0.29, 0.717) is 32.8 Å². The fourth-order valence-electron chi connectivity index (χ4n) is 6.77. The van der Waals surface area contributed by atoms with Crippen LogP contribution >= 0.6 is 7.60 Å². The van der Waals surface area contributed by atoms with Crippen LogP contribution in [0.4, 0.5) is 0 Å². The van der Waals surface area contributed by atoms with Crippen molar-refractivity contribution >= 4 is 7.60 Å². The van der Waals surface area contributed by atoms with Crippen molar-refractivity contribution in [3.63, 3.8) is 0 Å². The molecule has 1 fully saturated rings. The van der Waals surface area contributed by atoms with Crippen molar-refractivity contribution in [3.8, 4) is 0 Å². The SMILES string of the molecule is CCCCCCCCCOCCCCOP(=O)(C[C@@H]1O[C@H](COCc2ccccc2)[C@@H](OCc2ccccc2)[C@@H]1OCc1ccccc1)OCc1ccccc1. The van der Waals surface area contributed by atoms with E-state index < -0.39 is 32.0 Å². The first kappa shape index (κ1) is 43.9. The number of unbranched alkanes of at least 4 members (excludes halogenated alkanes) is 7. The van der Waals surface area contributed by atoms with Crippen LogP contribution in [0.1, 0.15) is 87.0 Å². The molecule has 4 aromatic rings. The van der Waals surface area contributed by atoms with Gasteiger partial charge < -0.3 is 32.7 Å². The maximum absolute atomic E-state index is 14.8. The van der Waals surface area contributed by atoms with Gasteiger partial charge in [-0.05, 0) is 41.5 Å². The average Bonchev–Trinajstić information content (AvgIpc) is 3.56. The topological polar surface area (TPSA) is 81.7 Å². The van der Waals surface area contributed by atoms with E-state index in [4.69, 9.17) is 32.7 Å². The van der Waals surface area contributed by atoms with Crippen LogP contribution in [-0.4, -0.2) is 57.0 Å². The first-order chi connectivity index (χ1) is 27.6. The Morgan fingerprint density at radius 2 is 0.929 bits per heavy atom.